The number of hydrogen-bond donors (Lipinski definition) is 1. The van der Waals surface area contributed by atoms with Crippen LogP contribution in [0.3, 0.4) is 0 Å². The molecule has 1 aliphatic heterocycles. The van der Waals surface area contributed by atoms with E-state index in [4.69, 9.17) is 9.31 Å². The summed E-state index contributed by atoms with van der Waals surface area (Å²) in [5.74, 6) is 0. The molecule has 14 heavy (non-hydrogen) atoms. The molecule has 1 aromatic rings. The van der Waals surface area contributed by atoms with Gasteiger partial charge in [-0.25, -0.2) is 0 Å². The van der Waals surface area contributed by atoms with Crippen LogP contribution in [0.4, 0.5) is 0 Å². The van der Waals surface area contributed by atoms with Crippen molar-refractivity contribution >= 4 is 12.6 Å². The Hall–Kier alpha value is -1.07. The van der Waals surface area contributed by atoms with Gasteiger partial charge < -0.3 is 14.3 Å². The van der Waals surface area contributed by atoms with Crippen molar-refractivity contribution in [3.63, 3.8) is 0 Å². The number of rotatable bonds is 1. The maximum absolute atomic E-state index is 11.0. The minimum absolute atomic E-state index is 0.139. The van der Waals surface area contributed by atoms with Crippen molar-refractivity contribution in [1.82, 2.24) is 4.98 Å². The summed E-state index contributed by atoms with van der Waals surface area (Å²) >= 11 is 0. The SMILES string of the molecule is CC1(C)COB(c2cc[nH]c(=O)c2)O1. The Kier molecular flexibility index (Phi) is 2.21. The predicted octanol–water partition coefficient (Wildman–Crippen LogP) is -0.105. The molecule has 0 bridgehead atoms. The Bertz CT molecular complexity index is 388. The molecule has 1 fully saturated rings. The molecule has 5 heteroatoms. The van der Waals surface area contributed by atoms with E-state index in [0.717, 1.165) is 5.46 Å². The van der Waals surface area contributed by atoms with E-state index in [1.54, 1.807) is 12.3 Å². The summed E-state index contributed by atoms with van der Waals surface area (Å²) in [4.78, 5) is 13.6. The summed E-state index contributed by atoms with van der Waals surface area (Å²) in [6.07, 6.45) is 1.59. The van der Waals surface area contributed by atoms with Gasteiger partial charge in [0.1, 0.15) is 0 Å². The zero-order valence-corrected chi connectivity index (χ0v) is 8.24. The van der Waals surface area contributed by atoms with Crippen molar-refractivity contribution in [2.45, 2.75) is 19.4 Å². The first-order chi connectivity index (χ1) is 6.57. The second-order valence-electron chi connectivity index (χ2n) is 4.01. The van der Waals surface area contributed by atoms with Gasteiger partial charge >= 0.3 is 7.12 Å². The van der Waals surface area contributed by atoms with Crippen LogP contribution in [0.25, 0.3) is 0 Å². The largest absolute Gasteiger partial charge is 0.494 e. The van der Waals surface area contributed by atoms with Crippen LogP contribution < -0.4 is 11.0 Å². The predicted molar refractivity (Wildman–Crippen MR) is 53.6 cm³/mol. The van der Waals surface area contributed by atoms with Crippen LogP contribution in [0.1, 0.15) is 13.8 Å². The molecule has 0 unspecified atom stereocenters. The highest BCUT2D eigenvalue weighted by Crippen LogP contribution is 2.18. The van der Waals surface area contributed by atoms with Crippen LogP contribution in [0, 0.1) is 0 Å². The molecule has 1 saturated heterocycles. The van der Waals surface area contributed by atoms with Crippen molar-refractivity contribution in [2.24, 2.45) is 0 Å². The standard InChI is InChI=1S/C9H12BNO3/c1-9(2)6-13-10(14-9)7-3-4-11-8(12)5-7/h3-5H,6H2,1-2H3,(H,11,12). The Morgan fingerprint density at radius 3 is 2.93 bits per heavy atom. The normalized spacial score (nSPS) is 20.0. The summed E-state index contributed by atoms with van der Waals surface area (Å²) in [7, 11) is -0.410. The van der Waals surface area contributed by atoms with E-state index >= 15 is 0 Å². The van der Waals surface area contributed by atoms with Gasteiger partial charge in [0.15, 0.2) is 0 Å². The summed E-state index contributed by atoms with van der Waals surface area (Å²) in [6, 6.07) is 3.28. The molecular formula is C9H12BNO3. The lowest BCUT2D eigenvalue weighted by Gasteiger charge is -2.15. The van der Waals surface area contributed by atoms with Gasteiger partial charge in [0, 0.05) is 12.3 Å². The lowest BCUT2D eigenvalue weighted by molar-refractivity contribution is 0.137. The highest BCUT2D eigenvalue weighted by Gasteiger charge is 2.38. The number of hydrogen-bond acceptors (Lipinski definition) is 3. The molecule has 0 amide bonds. The van der Waals surface area contributed by atoms with E-state index in [0.29, 0.717) is 6.61 Å². The van der Waals surface area contributed by atoms with Gasteiger partial charge in [-0.15, -0.1) is 0 Å². The van der Waals surface area contributed by atoms with E-state index in [9.17, 15) is 4.79 Å². The first kappa shape index (κ1) is 9.49. The third kappa shape index (κ3) is 1.88. The zero-order chi connectivity index (χ0) is 10.2. The molecule has 1 aliphatic rings. The number of aromatic amines is 1. The minimum atomic E-state index is -0.410. The summed E-state index contributed by atoms with van der Waals surface area (Å²) in [6.45, 7) is 4.46. The Morgan fingerprint density at radius 1 is 1.57 bits per heavy atom. The quantitative estimate of drug-likeness (QED) is 0.633. The third-order valence-corrected chi connectivity index (χ3v) is 2.08. The lowest BCUT2D eigenvalue weighted by Crippen LogP contribution is -2.36. The van der Waals surface area contributed by atoms with Crippen molar-refractivity contribution in [2.75, 3.05) is 6.61 Å². The molecule has 0 atom stereocenters. The average Bonchev–Trinajstić information content (AvgIpc) is 2.46. The van der Waals surface area contributed by atoms with Gasteiger partial charge in [-0.3, -0.25) is 4.79 Å². The molecule has 0 aliphatic carbocycles. The fourth-order valence-corrected chi connectivity index (χ4v) is 1.41. The molecule has 0 saturated carbocycles. The average molecular weight is 193 g/mol. The van der Waals surface area contributed by atoms with Crippen molar-refractivity contribution < 1.29 is 9.31 Å². The molecule has 0 spiro atoms. The molecule has 1 aromatic heterocycles. The highest BCUT2D eigenvalue weighted by molar-refractivity contribution is 6.61. The fourth-order valence-electron chi connectivity index (χ4n) is 1.41. The molecule has 1 N–H and O–H groups in total. The van der Waals surface area contributed by atoms with Crippen LogP contribution in [-0.2, 0) is 9.31 Å². The lowest BCUT2D eigenvalue weighted by atomic mass is 9.80. The van der Waals surface area contributed by atoms with Crippen molar-refractivity contribution in [3.8, 4) is 0 Å². The van der Waals surface area contributed by atoms with Gasteiger partial charge in [-0.05, 0) is 25.4 Å². The third-order valence-electron chi connectivity index (χ3n) is 2.08. The van der Waals surface area contributed by atoms with E-state index in [1.165, 1.54) is 6.07 Å². The molecular weight excluding hydrogens is 181 g/mol. The van der Waals surface area contributed by atoms with Gasteiger partial charge in [0.25, 0.3) is 0 Å². The minimum Gasteiger partial charge on any atom is -0.404 e. The van der Waals surface area contributed by atoms with E-state index in [1.807, 2.05) is 13.8 Å². The first-order valence-electron chi connectivity index (χ1n) is 4.55. The smallest absolute Gasteiger partial charge is 0.404 e. The summed E-state index contributed by atoms with van der Waals surface area (Å²) in [5.41, 5.74) is 0.353. The number of aromatic nitrogens is 1. The zero-order valence-electron chi connectivity index (χ0n) is 8.24. The summed E-state index contributed by atoms with van der Waals surface area (Å²) in [5, 5.41) is 0. The van der Waals surface area contributed by atoms with Crippen LogP contribution >= 0.6 is 0 Å². The fraction of sp³-hybridized carbons (Fsp3) is 0.444. The second kappa shape index (κ2) is 3.26. The molecule has 0 radical (unpaired) electrons. The molecule has 2 rings (SSSR count). The van der Waals surface area contributed by atoms with Gasteiger partial charge in [0.2, 0.25) is 5.56 Å². The van der Waals surface area contributed by atoms with E-state index < -0.39 is 7.12 Å². The van der Waals surface area contributed by atoms with Crippen LogP contribution in [-0.4, -0.2) is 24.3 Å². The highest BCUT2D eigenvalue weighted by atomic mass is 16.7. The monoisotopic (exact) mass is 193 g/mol. The molecule has 0 aromatic carbocycles. The van der Waals surface area contributed by atoms with E-state index in [2.05, 4.69) is 4.98 Å². The van der Waals surface area contributed by atoms with Crippen LogP contribution in [0.2, 0.25) is 0 Å². The van der Waals surface area contributed by atoms with Crippen LogP contribution in [0.5, 0.6) is 0 Å². The van der Waals surface area contributed by atoms with Gasteiger partial charge in [-0.2, -0.15) is 0 Å². The van der Waals surface area contributed by atoms with E-state index in [-0.39, 0.29) is 11.2 Å². The number of nitrogens with one attached hydrogen (secondary N) is 1. The van der Waals surface area contributed by atoms with Crippen LogP contribution in [0.15, 0.2) is 23.1 Å². The van der Waals surface area contributed by atoms with Gasteiger partial charge in [-0.1, -0.05) is 0 Å². The first-order valence-corrected chi connectivity index (χ1v) is 4.55. The Balaban J connectivity index is 2.22. The Labute approximate surface area is 82.4 Å². The maximum atomic E-state index is 11.0. The molecule has 4 nitrogen and oxygen atoms in total. The topological polar surface area (TPSA) is 51.3 Å². The molecule has 74 valence electrons. The molecule has 2 heterocycles. The number of H-pyrrole nitrogens is 1. The summed E-state index contributed by atoms with van der Waals surface area (Å²) < 4.78 is 11.0. The van der Waals surface area contributed by atoms with Gasteiger partial charge in [0.05, 0.1) is 12.2 Å². The second-order valence-corrected chi connectivity index (χ2v) is 4.01. The van der Waals surface area contributed by atoms with Crippen molar-refractivity contribution in [3.05, 3.63) is 28.7 Å². The van der Waals surface area contributed by atoms with Crippen molar-refractivity contribution in [1.29, 1.82) is 0 Å². The Morgan fingerprint density at radius 2 is 2.36 bits per heavy atom. The number of pyridine rings is 1. The maximum Gasteiger partial charge on any atom is 0.494 e.